The molecule has 1 saturated heterocycles. The number of hydrogen-bond acceptors (Lipinski definition) is 4. The van der Waals surface area contributed by atoms with Crippen LogP contribution < -0.4 is 0 Å². The minimum absolute atomic E-state index is 0.0641. The van der Waals surface area contributed by atoms with Crippen LogP contribution in [-0.4, -0.2) is 49.7 Å². The van der Waals surface area contributed by atoms with E-state index >= 15 is 0 Å². The van der Waals surface area contributed by atoms with Crippen LogP contribution in [0.3, 0.4) is 0 Å². The van der Waals surface area contributed by atoms with Gasteiger partial charge in [0.05, 0.1) is 0 Å². The molecule has 0 spiro atoms. The molecule has 1 amide bonds. The van der Waals surface area contributed by atoms with Crippen LogP contribution in [0, 0.1) is 5.92 Å². The molecule has 2 N–H and O–H groups in total. The molecule has 0 aromatic carbocycles. The maximum atomic E-state index is 12.4. The van der Waals surface area contributed by atoms with Crippen molar-refractivity contribution in [2.24, 2.45) is 5.92 Å². The molecule has 0 bridgehead atoms. The molecule has 1 aromatic rings. The maximum Gasteiger partial charge on any atom is 0.326 e. The second-order valence-corrected chi connectivity index (χ2v) is 5.34. The number of aryl methyl sites for hydroxylation is 1. The first-order valence-corrected chi connectivity index (χ1v) is 6.98. The Bertz CT molecular complexity index is 500. The van der Waals surface area contributed by atoms with Gasteiger partial charge in [-0.15, -0.1) is 5.10 Å². The minimum atomic E-state index is -0.964. The molecule has 20 heavy (non-hydrogen) atoms. The van der Waals surface area contributed by atoms with E-state index < -0.39 is 17.9 Å². The Kier molecular flexibility index (Phi) is 4.36. The Morgan fingerprint density at radius 2 is 2.25 bits per heavy atom. The van der Waals surface area contributed by atoms with E-state index in [2.05, 4.69) is 15.2 Å². The summed E-state index contributed by atoms with van der Waals surface area (Å²) in [6, 6.07) is -0.778. The first-order valence-electron chi connectivity index (χ1n) is 6.98. The number of carboxylic acids is 1. The average Bonchev–Trinajstić information content (AvgIpc) is 2.87. The standard InChI is InChI=1S/C13H20N4O3/c1-3-4-10-14-11(16-15-10)12(18)17-6-5-8(2)7-9(17)13(19)20/h8-9H,3-7H2,1-2H3,(H,19,20)(H,14,15,16). The minimum Gasteiger partial charge on any atom is -0.480 e. The van der Waals surface area contributed by atoms with Gasteiger partial charge >= 0.3 is 5.97 Å². The van der Waals surface area contributed by atoms with Crippen molar-refractivity contribution >= 4 is 11.9 Å². The van der Waals surface area contributed by atoms with Crippen molar-refractivity contribution in [1.82, 2.24) is 20.1 Å². The van der Waals surface area contributed by atoms with E-state index in [0.29, 0.717) is 24.7 Å². The molecule has 1 fully saturated rings. The summed E-state index contributed by atoms with van der Waals surface area (Å²) >= 11 is 0. The van der Waals surface area contributed by atoms with E-state index in [0.717, 1.165) is 19.3 Å². The number of likely N-dealkylation sites (tertiary alicyclic amines) is 1. The zero-order chi connectivity index (χ0) is 14.7. The molecule has 2 rings (SSSR count). The Labute approximate surface area is 117 Å². The lowest BCUT2D eigenvalue weighted by molar-refractivity contribution is -0.144. The van der Waals surface area contributed by atoms with Gasteiger partial charge in [0, 0.05) is 13.0 Å². The third-order valence-electron chi connectivity index (χ3n) is 3.62. The zero-order valence-corrected chi connectivity index (χ0v) is 11.8. The highest BCUT2D eigenvalue weighted by atomic mass is 16.4. The Morgan fingerprint density at radius 3 is 2.90 bits per heavy atom. The molecule has 7 nitrogen and oxygen atoms in total. The van der Waals surface area contributed by atoms with Gasteiger partial charge in [-0.3, -0.25) is 9.89 Å². The van der Waals surface area contributed by atoms with Crippen molar-refractivity contribution < 1.29 is 14.7 Å². The van der Waals surface area contributed by atoms with Gasteiger partial charge < -0.3 is 10.0 Å². The number of aromatic amines is 1. The summed E-state index contributed by atoms with van der Waals surface area (Å²) in [7, 11) is 0. The van der Waals surface area contributed by atoms with Crippen molar-refractivity contribution in [1.29, 1.82) is 0 Å². The van der Waals surface area contributed by atoms with E-state index in [1.165, 1.54) is 4.90 Å². The lowest BCUT2D eigenvalue weighted by atomic mass is 9.92. The molecule has 1 aliphatic heterocycles. The smallest absolute Gasteiger partial charge is 0.326 e. The van der Waals surface area contributed by atoms with Crippen LogP contribution in [0.5, 0.6) is 0 Å². The molecule has 7 heteroatoms. The number of H-pyrrole nitrogens is 1. The van der Waals surface area contributed by atoms with E-state index in [9.17, 15) is 14.7 Å². The number of carboxylic acid groups (broad SMARTS) is 1. The number of nitrogens with one attached hydrogen (secondary N) is 1. The second kappa shape index (κ2) is 6.02. The molecule has 2 unspecified atom stereocenters. The summed E-state index contributed by atoms with van der Waals surface area (Å²) in [5.41, 5.74) is 0. The fourth-order valence-electron chi connectivity index (χ4n) is 2.49. The van der Waals surface area contributed by atoms with E-state index in [-0.39, 0.29) is 5.82 Å². The lowest BCUT2D eigenvalue weighted by Crippen LogP contribution is -2.50. The van der Waals surface area contributed by atoms with Crippen LogP contribution in [0.2, 0.25) is 0 Å². The van der Waals surface area contributed by atoms with Crippen LogP contribution >= 0.6 is 0 Å². The highest BCUT2D eigenvalue weighted by molar-refractivity contribution is 5.93. The Hall–Kier alpha value is -1.92. The average molecular weight is 280 g/mol. The number of rotatable bonds is 4. The van der Waals surface area contributed by atoms with Crippen molar-refractivity contribution in [2.75, 3.05) is 6.54 Å². The van der Waals surface area contributed by atoms with E-state index in [1.807, 2.05) is 13.8 Å². The number of hydrogen-bond donors (Lipinski definition) is 2. The Balaban J connectivity index is 2.15. The van der Waals surface area contributed by atoms with E-state index in [1.54, 1.807) is 0 Å². The highest BCUT2D eigenvalue weighted by Crippen LogP contribution is 2.23. The van der Waals surface area contributed by atoms with Gasteiger partial charge in [0.15, 0.2) is 0 Å². The van der Waals surface area contributed by atoms with Crippen LogP contribution in [0.1, 0.15) is 49.6 Å². The third kappa shape index (κ3) is 2.97. The SMILES string of the molecule is CCCc1nc(C(=O)N2CCC(C)CC2C(=O)O)n[nH]1. The van der Waals surface area contributed by atoms with E-state index in [4.69, 9.17) is 0 Å². The predicted molar refractivity (Wildman–Crippen MR) is 71.2 cm³/mol. The molecule has 0 saturated carbocycles. The molecule has 2 heterocycles. The first-order chi connectivity index (χ1) is 9.52. The van der Waals surface area contributed by atoms with Gasteiger partial charge in [-0.2, -0.15) is 0 Å². The summed E-state index contributed by atoms with van der Waals surface area (Å²) in [6.45, 7) is 4.45. The van der Waals surface area contributed by atoms with Gasteiger partial charge in [-0.25, -0.2) is 9.78 Å². The second-order valence-electron chi connectivity index (χ2n) is 5.34. The maximum absolute atomic E-state index is 12.4. The number of carbonyl (C=O) groups is 2. The van der Waals surface area contributed by atoms with Gasteiger partial charge in [0.2, 0.25) is 5.82 Å². The number of aliphatic carboxylic acids is 1. The van der Waals surface area contributed by atoms with Gasteiger partial charge in [0.25, 0.3) is 5.91 Å². The fourth-order valence-corrected chi connectivity index (χ4v) is 2.49. The molecular weight excluding hydrogens is 260 g/mol. The topological polar surface area (TPSA) is 99.2 Å². The van der Waals surface area contributed by atoms with Crippen LogP contribution in [0.4, 0.5) is 0 Å². The molecule has 1 aromatic heterocycles. The quantitative estimate of drug-likeness (QED) is 0.859. The van der Waals surface area contributed by atoms with Gasteiger partial charge in [0.1, 0.15) is 11.9 Å². The van der Waals surface area contributed by atoms with Crippen molar-refractivity contribution in [3.05, 3.63) is 11.6 Å². The first kappa shape index (κ1) is 14.5. The van der Waals surface area contributed by atoms with Gasteiger partial charge in [-0.05, 0) is 25.2 Å². The fraction of sp³-hybridized carbons (Fsp3) is 0.692. The van der Waals surface area contributed by atoms with Crippen LogP contribution in [0.15, 0.2) is 0 Å². The summed E-state index contributed by atoms with van der Waals surface area (Å²) in [5.74, 6) is -0.331. The molecule has 110 valence electrons. The summed E-state index contributed by atoms with van der Waals surface area (Å²) in [5, 5.41) is 15.9. The molecule has 0 aliphatic carbocycles. The number of piperidine rings is 1. The molecule has 2 atom stereocenters. The van der Waals surface area contributed by atoms with Crippen LogP contribution in [0.25, 0.3) is 0 Å². The predicted octanol–water partition coefficient (Wildman–Crippen LogP) is 1.08. The van der Waals surface area contributed by atoms with Crippen molar-refractivity contribution in [2.45, 2.75) is 45.6 Å². The van der Waals surface area contributed by atoms with Crippen LogP contribution in [-0.2, 0) is 11.2 Å². The largest absolute Gasteiger partial charge is 0.480 e. The number of nitrogens with zero attached hydrogens (tertiary/aromatic N) is 3. The number of aromatic nitrogens is 3. The highest BCUT2D eigenvalue weighted by Gasteiger charge is 2.36. The summed E-state index contributed by atoms with van der Waals surface area (Å²) < 4.78 is 0. The van der Waals surface area contributed by atoms with Crippen molar-refractivity contribution in [3.63, 3.8) is 0 Å². The summed E-state index contributed by atoms with van der Waals surface area (Å²) in [4.78, 5) is 29.2. The number of carbonyl (C=O) groups excluding carboxylic acids is 1. The lowest BCUT2D eigenvalue weighted by Gasteiger charge is -2.35. The Morgan fingerprint density at radius 1 is 1.50 bits per heavy atom. The molecule has 0 radical (unpaired) electrons. The third-order valence-corrected chi connectivity index (χ3v) is 3.62. The monoisotopic (exact) mass is 280 g/mol. The zero-order valence-electron chi connectivity index (χ0n) is 11.8. The molecule has 1 aliphatic rings. The normalized spacial score (nSPS) is 22.8. The summed E-state index contributed by atoms with van der Waals surface area (Å²) in [6.07, 6.45) is 2.91. The van der Waals surface area contributed by atoms with Gasteiger partial charge in [-0.1, -0.05) is 13.8 Å². The van der Waals surface area contributed by atoms with Crippen molar-refractivity contribution in [3.8, 4) is 0 Å². The number of amides is 1. The molecular formula is C13H20N4O3.